The van der Waals surface area contributed by atoms with E-state index in [1.807, 2.05) is 11.8 Å². The summed E-state index contributed by atoms with van der Waals surface area (Å²) in [6.45, 7) is 2.80. The Labute approximate surface area is 109 Å². The van der Waals surface area contributed by atoms with E-state index in [0.717, 1.165) is 18.2 Å². The zero-order valence-electron chi connectivity index (χ0n) is 10.1. The minimum atomic E-state index is -0.589. The molecule has 0 saturated carbocycles. The van der Waals surface area contributed by atoms with Crippen molar-refractivity contribution in [2.24, 2.45) is 0 Å². The molecule has 1 atom stereocenters. The highest BCUT2D eigenvalue weighted by Crippen LogP contribution is 2.38. The van der Waals surface area contributed by atoms with Gasteiger partial charge in [-0.25, -0.2) is 4.39 Å². The molecule has 0 aliphatic carbocycles. The monoisotopic (exact) mass is 270 g/mol. The Morgan fingerprint density at radius 3 is 3.00 bits per heavy atom. The van der Waals surface area contributed by atoms with Gasteiger partial charge in [-0.1, -0.05) is 0 Å². The Bertz CT molecular complexity index is 461. The quantitative estimate of drug-likeness (QED) is 0.672. The molecule has 1 aliphatic heterocycles. The van der Waals surface area contributed by atoms with Gasteiger partial charge < -0.3 is 5.32 Å². The summed E-state index contributed by atoms with van der Waals surface area (Å²) in [5.74, 6) is 0.539. The van der Waals surface area contributed by atoms with Gasteiger partial charge in [-0.15, -0.1) is 0 Å². The van der Waals surface area contributed by atoms with Gasteiger partial charge in [0.1, 0.15) is 11.5 Å². The molecule has 4 nitrogen and oxygen atoms in total. The van der Waals surface area contributed by atoms with Gasteiger partial charge in [0.25, 0.3) is 5.69 Å². The topological polar surface area (TPSA) is 55.2 Å². The summed E-state index contributed by atoms with van der Waals surface area (Å²) in [7, 11) is 0. The van der Waals surface area contributed by atoms with Crippen molar-refractivity contribution < 1.29 is 9.31 Å². The number of halogens is 1. The van der Waals surface area contributed by atoms with Crippen LogP contribution in [0.4, 0.5) is 15.8 Å². The van der Waals surface area contributed by atoms with E-state index in [0.29, 0.717) is 12.2 Å². The number of hydrogen-bond donors (Lipinski definition) is 1. The number of nitro benzene ring substituents is 1. The van der Waals surface area contributed by atoms with Gasteiger partial charge in [0.2, 0.25) is 0 Å². The third kappa shape index (κ3) is 2.93. The Morgan fingerprint density at radius 2 is 2.39 bits per heavy atom. The fourth-order valence-corrected chi connectivity index (χ4v) is 3.31. The minimum absolute atomic E-state index is 0.113. The fraction of sp³-hybridized carbons (Fsp3) is 0.500. The minimum Gasteiger partial charge on any atom is -0.378 e. The zero-order chi connectivity index (χ0) is 13.2. The van der Waals surface area contributed by atoms with Crippen molar-refractivity contribution in [2.45, 2.75) is 24.5 Å². The second-order valence-corrected chi connectivity index (χ2v) is 6.36. The molecule has 0 aromatic heterocycles. The summed E-state index contributed by atoms with van der Waals surface area (Å²) in [5, 5.41) is 13.9. The number of nitrogens with one attached hydrogen (secondary N) is 1. The van der Waals surface area contributed by atoms with Crippen molar-refractivity contribution in [1.29, 1.82) is 0 Å². The molecule has 0 spiro atoms. The zero-order valence-corrected chi connectivity index (χ0v) is 10.9. The molecule has 1 heterocycles. The van der Waals surface area contributed by atoms with Crippen molar-refractivity contribution in [3.63, 3.8) is 0 Å². The summed E-state index contributed by atoms with van der Waals surface area (Å²) >= 11 is 1.87. The number of nitro groups is 1. The average Bonchev–Trinajstić information content (AvgIpc) is 2.75. The number of anilines is 1. The lowest BCUT2D eigenvalue weighted by atomic mass is 10.1. The highest BCUT2D eigenvalue weighted by atomic mass is 32.2. The van der Waals surface area contributed by atoms with Crippen molar-refractivity contribution in [3.8, 4) is 0 Å². The molecule has 1 fully saturated rings. The first-order valence-electron chi connectivity index (χ1n) is 5.82. The van der Waals surface area contributed by atoms with Gasteiger partial charge in [0.05, 0.1) is 11.0 Å². The highest BCUT2D eigenvalue weighted by Gasteiger charge is 2.29. The Hall–Kier alpha value is -1.30. The maximum absolute atomic E-state index is 13.0. The van der Waals surface area contributed by atoms with Gasteiger partial charge in [-0.2, -0.15) is 11.8 Å². The predicted octanol–water partition coefficient (Wildman–Crippen LogP) is 3.43. The number of thioether (sulfide) groups is 1. The molecule has 0 bridgehead atoms. The van der Waals surface area contributed by atoms with Crippen molar-refractivity contribution >= 4 is 23.1 Å². The maximum Gasteiger partial charge on any atom is 0.295 e. The second-order valence-electron chi connectivity index (χ2n) is 4.67. The molecule has 2 rings (SSSR count). The number of rotatable bonds is 4. The summed E-state index contributed by atoms with van der Waals surface area (Å²) in [4.78, 5) is 10.3. The highest BCUT2D eigenvalue weighted by molar-refractivity contribution is 8.00. The SMILES string of the molecule is CC1(CNc2ccc(F)cc2[N+](=O)[O-])CCCS1. The van der Waals surface area contributed by atoms with Crippen molar-refractivity contribution in [2.75, 3.05) is 17.6 Å². The van der Waals surface area contributed by atoms with Crippen LogP contribution >= 0.6 is 11.8 Å². The van der Waals surface area contributed by atoms with Crippen LogP contribution in [0.5, 0.6) is 0 Å². The van der Waals surface area contributed by atoms with Crippen LogP contribution < -0.4 is 5.32 Å². The lowest BCUT2D eigenvalue weighted by Gasteiger charge is -2.23. The van der Waals surface area contributed by atoms with E-state index < -0.39 is 10.7 Å². The number of hydrogen-bond acceptors (Lipinski definition) is 4. The summed E-state index contributed by atoms with van der Waals surface area (Å²) in [6, 6.07) is 3.61. The van der Waals surface area contributed by atoms with Gasteiger partial charge in [-0.05, 0) is 37.7 Å². The smallest absolute Gasteiger partial charge is 0.295 e. The molecule has 0 amide bonds. The van der Waals surface area contributed by atoms with E-state index in [1.54, 1.807) is 0 Å². The third-order valence-electron chi connectivity index (χ3n) is 3.11. The lowest BCUT2D eigenvalue weighted by molar-refractivity contribution is -0.384. The molecule has 1 saturated heterocycles. The number of nitrogens with zero attached hydrogens (tertiary/aromatic N) is 1. The van der Waals surface area contributed by atoms with Crippen LogP contribution in [-0.2, 0) is 0 Å². The van der Waals surface area contributed by atoms with Crippen LogP contribution in [0.2, 0.25) is 0 Å². The third-order valence-corrected chi connectivity index (χ3v) is 4.65. The first kappa shape index (κ1) is 13.1. The van der Waals surface area contributed by atoms with E-state index in [4.69, 9.17) is 0 Å². The van der Waals surface area contributed by atoms with Gasteiger partial charge in [0, 0.05) is 11.3 Å². The molecular formula is C12H15FN2O2S. The first-order valence-corrected chi connectivity index (χ1v) is 6.80. The van der Waals surface area contributed by atoms with Crippen LogP contribution in [0.25, 0.3) is 0 Å². The van der Waals surface area contributed by atoms with Gasteiger partial charge in [-0.3, -0.25) is 10.1 Å². The molecule has 1 aromatic rings. The Kier molecular flexibility index (Phi) is 3.75. The van der Waals surface area contributed by atoms with E-state index in [9.17, 15) is 14.5 Å². The molecular weight excluding hydrogens is 255 g/mol. The Morgan fingerprint density at radius 1 is 1.61 bits per heavy atom. The maximum atomic E-state index is 13.0. The van der Waals surface area contributed by atoms with Gasteiger partial charge >= 0.3 is 0 Å². The van der Waals surface area contributed by atoms with Crippen molar-refractivity contribution in [1.82, 2.24) is 0 Å². The van der Waals surface area contributed by atoms with E-state index in [2.05, 4.69) is 12.2 Å². The summed E-state index contributed by atoms with van der Waals surface area (Å²) in [5.41, 5.74) is 0.178. The lowest BCUT2D eigenvalue weighted by Crippen LogP contribution is -2.27. The van der Waals surface area contributed by atoms with E-state index >= 15 is 0 Å². The fourth-order valence-electron chi connectivity index (χ4n) is 2.06. The molecule has 98 valence electrons. The van der Waals surface area contributed by atoms with Crippen LogP contribution in [0, 0.1) is 15.9 Å². The summed E-state index contributed by atoms with van der Waals surface area (Å²) in [6.07, 6.45) is 2.27. The van der Waals surface area contributed by atoms with Crippen molar-refractivity contribution in [3.05, 3.63) is 34.1 Å². The average molecular weight is 270 g/mol. The van der Waals surface area contributed by atoms with Crippen LogP contribution in [0.15, 0.2) is 18.2 Å². The molecule has 1 unspecified atom stereocenters. The van der Waals surface area contributed by atoms with Crippen LogP contribution in [0.1, 0.15) is 19.8 Å². The predicted molar refractivity (Wildman–Crippen MR) is 71.6 cm³/mol. The molecule has 1 aliphatic rings. The normalized spacial score (nSPS) is 23.0. The molecule has 1 aromatic carbocycles. The molecule has 18 heavy (non-hydrogen) atoms. The Balaban J connectivity index is 2.11. The largest absolute Gasteiger partial charge is 0.378 e. The number of benzene rings is 1. The van der Waals surface area contributed by atoms with E-state index in [-0.39, 0.29) is 10.4 Å². The first-order chi connectivity index (χ1) is 8.50. The van der Waals surface area contributed by atoms with Crippen LogP contribution in [-0.4, -0.2) is 22.0 Å². The van der Waals surface area contributed by atoms with E-state index in [1.165, 1.54) is 18.6 Å². The second kappa shape index (κ2) is 5.14. The molecule has 1 N–H and O–H groups in total. The standard InChI is InChI=1S/C12H15FN2O2S/c1-12(5-2-6-18-12)8-14-10-4-3-9(13)7-11(10)15(16)17/h3-4,7,14H,2,5-6,8H2,1H3. The summed E-state index contributed by atoms with van der Waals surface area (Å²) < 4.78 is 13.1. The van der Waals surface area contributed by atoms with Gasteiger partial charge in [0.15, 0.2) is 0 Å². The molecule has 0 radical (unpaired) electrons. The van der Waals surface area contributed by atoms with Crippen LogP contribution in [0.3, 0.4) is 0 Å². The molecule has 6 heteroatoms.